The molecule has 2 aliphatic carbocycles. The largest absolute Gasteiger partial charge is 0.348 e. The number of hydrogen-bond acceptors (Lipinski definition) is 6. The van der Waals surface area contributed by atoms with Crippen LogP contribution < -0.4 is 9.80 Å². The Morgan fingerprint density at radius 3 is 2.59 bits per heavy atom. The molecule has 0 unspecified atom stereocenters. The van der Waals surface area contributed by atoms with Crippen LogP contribution in [0, 0.1) is 5.92 Å². The van der Waals surface area contributed by atoms with Crippen molar-refractivity contribution in [2.45, 2.75) is 76.8 Å². The molecule has 2 aromatic rings. The van der Waals surface area contributed by atoms with E-state index >= 15 is 0 Å². The molecule has 2 aromatic heterocycles. The number of carbonyl (C=O) groups is 2. The van der Waals surface area contributed by atoms with Crippen molar-refractivity contribution in [1.29, 1.82) is 0 Å². The molecular weight excluding hydrogens is 402 g/mol. The third-order valence-corrected chi connectivity index (χ3v) is 7.42. The lowest BCUT2D eigenvalue weighted by molar-refractivity contribution is -0.122. The molecule has 1 aliphatic heterocycles. The van der Waals surface area contributed by atoms with Gasteiger partial charge in [0.05, 0.1) is 18.5 Å². The first-order valence-electron chi connectivity index (χ1n) is 12.0. The molecule has 0 radical (unpaired) electrons. The van der Waals surface area contributed by atoms with Gasteiger partial charge < -0.3 is 9.80 Å². The highest BCUT2D eigenvalue weighted by Gasteiger charge is 2.45. The Bertz CT molecular complexity index is 1020. The first kappa shape index (κ1) is 21.0. The van der Waals surface area contributed by atoms with Crippen LogP contribution in [-0.2, 0) is 11.2 Å². The fourth-order valence-electron chi connectivity index (χ4n) is 5.69. The van der Waals surface area contributed by atoms with E-state index in [1.165, 1.54) is 12.8 Å². The summed E-state index contributed by atoms with van der Waals surface area (Å²) >= 11 is 0. The number of amides is 1. The van der Waals surface area contributed by atoms with Gasteiger partial charge in [0.1, 0.15) is 11.5 Å². The minimum atomic E-state index is 0.0450. The maximum Gasteiger partial charge on any atom is 0.232 e. The summed E-state index contributed by atoms with van der Waals surface area (Å²) in [6, 6.07) is 4.39. The molecule has 1 amide bonds. The number of hydrogen-bond donors (Lipinski definition) is 0. The molecule has 32 heavy (non-hydrogen) atoms. The van der Waals surface area contributed by atoms with E-state index in [-0.39, 0.29) is 23.7 Å². The molecule has 7 nitrogen and oxygen atoms in total. The maximum absolute atomic E-state index is 13.2. The zero-order valence-corrected chi connectivity index (χ0v) is 19.0. The number of ketones is 1. The van der Waals surface area contributed by atoms with Gasteiger partial charge >= 0.3 is 0 Å². The van der Waals surface area contributed by atoms with E-state index < -0.39 is 0 Å². The highest BCUT2D eigenvalue weighted by atomic mass is 16.2. The van der Waals surface area contributed by atoms with Crippen molar-refractivity contribution in [3.63, 3.8) is 0 Å². The normalized spacial score (nSPS) is 23.2. The van der Waals surface area contributed by atoms with Crippen molar-refractivity contribution in [3.05, 3.63) is 41.6 Å². The van der Waals surface area contributed by atoms with E-state index in [1.54, 1.807) is 11.1 Å². The Kier molecular flexibility index (Phi) is 5.66. The van der Waals surface area contributed by atoms with Gasteiger partial charge in [-0.25, -0.2) is 9.97 Å². The number of pyridine rings is 1. The zero-order chi connectivity index (χ0) is 22.2. The molecule has 0 aromatic carbocycles. The van der Waals surface area contributed by atoms with Gasteiger partial charge in [0.15, 0.2) is 11.6 Å². The van der Waals surface area contributed by atoms with Crippen molar-refractivity contribution in [2.75, 3.05) is 16.8 Å². The Morgan fingerprint density at radius 2 is 1.88 bits per heavy atom. The second kappa shape index (κ2) is 8.60. The van der Waals surface area contributed by atoms with Gasteiger partial charge in [-0.05, 0) is 37.8 Å². The highest BCUT2D eigenvalue weighted by Crippen LogP contribution is 2.44. The summed E-state index contributed by atoms with van der Waals surface area (Å²) in [6.45, 7) is 1.85. The fraction of sp³-hybridized carbons (Fsp3) is 0.560. The van der Waals surface area contributed by atoms with Crippen LogP contribution in [0.3, 0.4) is 0 Å². The first-order chi connectivity index (χ1) is 15.6. The Balaban J connectivity index is 1.50. The molecule has 0 bridgehead atoms. The van der Waals surface area contributed by atoms with Gasteiger partial charge in [0, 0.05) is 43.0 Å². The molecule has 2 saturated carbocycles. The quantitative estimate of drug-likeness (QED) is 0.665. The summed E-state index contributed by atoms with van der Waals surface area (Å²) < 4.78 is 0. The smallest absolute Gasteiger partial charge is 0.232 e. The molecule has 5 rings (SSSR count). The van der Waals surface area contributed by atoms with Gasteiger partial charge in [-0.2, -0.15) is 0 Å². The average Bonchev–Trinajstić information content (AvgIpc) is 3.50. The van der Waals surface area contributed by atoms with Crippen LogP contribution in [0.2, 0.25) is 0 Å². The van der Waals surface area contributed by atoms with E-state index in [1.807, 2.05) is 32.3 Å². The molecular formula is C25H31N5O2. The molecule has 168 valence electrons. The third kappa shape index (κ3) is 3.67. The zero-order valence-electron chi connectivity index (χ0n) is 19.0. The Labute approximate surface area is 189 Å². The standard InChI is InChI=1S/C25H31N5O2/c1-3-22(31)16-11-12-17(26-14-16)13-23-27-15-21-24(28-23)30(18-7-4-5-8-18)20-10-6-9-19(20)25(32)29(21)2/h11-12,14-15,18-20H,3-10,13H2,1-2H3/t19-,20+/m0/s1. The Hall–Kier alpha value is -2.83. The van der Waals surface area contributed by atoms with Gasteiger partial charge in [-0.15, -0.1) is 0 Å². The average molecular weight is 434 g/mol. The lowest BCUT2D eigenvalue weighted by Gasteiger charge is -2.36. The van der Waals surface area contributed by atoms with Gasteiger partial charge in [0.25, 0.3) is 0 Å². The van der Waals surface area contributed by atoms with Crippen molar-refractivity contribution >= 4 is 23.2 Å². The molecule has 0 spiro atoms. The summed E-state index contributed by atoms with van der Waals surface area (Å²) in [5.41, 5.74) is 2.29. The maximum atomic E-state index is 13.2. The van der Waals surface area contributed by atoms with Crippen molar-refractivity contribution in [2.24, 2.45) is 5.92 Å². The molecule has 2 fully saturated rings. The molecule has 3 aliphatic rings. The lowest BCUT2D eigenvalue weighted by atomic mass is 9.99. The van der Waals surface area contributed by atoms with Crippen LogP contribution in [0.4, 0.5) is 11.5 Å². The summed E-state index contributed by atoms with van der Waals surface area (Å²) in [5.74, 6) is 1.94. The molecule has 2 atom stereocenters. The summed E-state index contributed by atoms with van der Waals surface area (Å²) in [7, 11) is 1.86. The van der Waals surface area contributed by atoms with Crippen molar-refractivity contribution in [1.82, 2.24) is 15.0 Å². The number of nitrogens with zero attached hydrogens (tertiary/aromatic N) is 5. The van der Waals surface area contributed by atoms with Gasteiger partial charge in [-0.1, -0.05) is 26.2 Å². The number of anilines is 2. The molecule has 7 heteroatoms. The minimum absolute atomic E-state index is 0.0450. The summed E-state index contributed by atoms with van der Waals surface area (Å²) in [4.78, 5) is 43.5. The van der Waals surface area contributed by atoms with E-state index in [2.05, 4.69) is 14.9 Å². The summed E-state index contributed by atoms with van der Waals surface area (Å²) in [5, 5.41) is 0. The second-order valence-corrected chi connectivity index (χ2v) is 9.33. The van der Waals surface area contributed by atoms with Crippen LogP contribution in [0.5, 0.6) is 0 Å². The van der Waals surface area contributed by atoms with Crippen molar-refractivity contribution < 1.29 is 9.59 Å². The predicted molar refractivity (Wildman–Crippen MR) is 123 cm³/mol. The van der Waals surface area contributed by atoms with Crippen LogP contribution >= 0.6 is 0 Å². The van der Waals surface area contributed by atoms with Gasteiger partial charge in [-0.3, -0.25) is 14.6 Å². The van der Waals surface area contributed by atoms with E-state index in [4.69, 9.17) is 4.98 Å². The number of rotatable bonds is 5. The van der Waals surface area contributed by atoms with Crippen LogP contribution in [0.15, 0.2) is 24.5 Å². The molecule has 0 saturated heterocycles. The fourth-order valence-corrected chi connectivity index (χ4v) is 5.69. The lowest BCUT2D eigenvalue weighted by Crippen LogP contribution is -2.46. The van der Waals surface area contributed by atoms with Crippen LogP contribution in [0.1, 0.15) is 80.2 Å². The van der Waals surface area contributed by atoms with Crippen molar-refractivity contribution in [3.8, 4) is 0 Å². The summed E-state index contributed by atoms with van der Waals surface area (Å²) in [6.07, 6.45) is 12.3. The minimum Gasteiger partial charge on any atom is -0.348 e. The number of aromatic nitrogens is 3. The first-order valence-corrected chi connectivity index (χ1v) is 12.0. The molecule has 0 N–H and O–H groups in total. The highest BCUT2D eigenvalue weighted by molar-refractivity contribution is 5.99. The number of fused-ring (bicyclic) bond motifs is 2. The van der Waals surface area contributed by atoms with Crippen LogP contribution in [-0.4, -0.2) is 45.8 Å². The number of carbonyl (C=O) groups excluding carboxylic acids is 2. The topological polar surface area (TPSA) is 79.3 Å². The second-order valence-electron chi connectivity index (χ2n) is 9.33. The van der Waals surface area contributed by atoms with E-state index in [9.17, 15) is 9.59 Å². The molecule has 3 heterocycles. The predicted octanol–water partition coefficient (Wildman–Crippen LogP) is 3.95. The van der Waals surface area contributed by atoms with E-state index in [0.717, 1.165) is 49.3 Å². The van der Waals surface area contributed by atoms with Crippen LogP contribution in [0.25, 0.3) is 0 Å². The van der Waals surface area contributed by atoms with Gasteiger partial charge in [0.2, 0.25) is 5.91 Å². The third-order valence-electron chi connectivity index (χ3n) is 7.42. The Morgan fingerprint density at radius 1 is 1.06 bits per heavy atom. The SMILES string of the molecule is CCC(=O)c1ccc(Cc2ncc3c(n2)N(C2CCCC2)[C@@H]2CCC[C@@H]2C(=O)N3C)nc1. The van der Waals surface area contributed by atoms with E-state index in [0.29, 0.717) is 30.3 Å². The monoisotopic (exact) mass is 433 g/mol. The number of Topliss-reactive ketones (excluding diaryl/α,β-unsaturated/α-hetero) is 1.